The fourth-order valence-electron chi connectivity index (χ4n) is 7.23. The van der Waals surface area contributed by atoms with E-state index >= 15 is 0 Å². The van der Waals surface area contributed by atoms with E-state index in [1.807, 2.05) is 0 Å². The summed E-state index contributed by atoms with van der Waals surface area (Å²) >= 11 is 0. The van der Waals surface area contributed by atoms with Crippen molar-refractivity contribution in [3.63, 3.8) is 0 Å². The monoisotopic (exact) mass is 409 g/mol. The second kappa shape index (κ2) is 6.46. The van der Waals surface area contributed by atoms with E-state index in [1.54, 1.807) is 6.92 Å². The number of sulfone groups is 1. The smallest absolute Gasteiger partial charge is 0.226 e. The molecule has 5 heteroatoms. The van der Waals surface area contributed by atoms with Crippen molar-refractivity contribution in [2.45, 2.75) is 97.9 Å². The first-order chi connectivity index (χ1) is 13.0. The minimum atomic E-state index is -2.90. The van der Waals surface area contributed by atoms with Gasteiger partial charge >= 0.3 is 0 Å². The molecule has 0 aromatic heterocycles. The third-order valence-corrected chi connectivity index (χ3v) is 12.1. The maximum Gasteiger partial charge on any atom is 0.226 e. The number of carbonyl (C=O) groups excluding carboxylic acids is 1. The number of hydrogen-bond acceptors (Lipinski definition) is 3. The molecule has 0 spiro atoms. The van der Waals surface area contributed by atoms with Crippen LogP contribution < -0.4 is 5.32 Å². The number of nitrogens with one attached hydrogen (secondary N) is 1. The lowest BCUT2D eigenvalue weighted by atomic mass is 9.52. The standard InChI is InChI=1S/C23H39NO3S/c1-5-28(26,27)15-14-22-8-11-23(12-9-22,13-10-22)19(25)24-18-16-17-6-7-21(18,4)20(17,2)3/h17-18H,5-16H2,1-4H3,(H,24,25)/t17-,18+,21+,22?,23?/m0/s1. The summed E-state index contributed by atoms with van der Waals surface area (Å²) in [6.45, 7) is 8.93. The van der Waals surface area contributed by atoms with Crippen molar-refractivity contribution >= 4 is 15.7 Å². The van der Waals surface area contributed by atoms with E-state index in [-0.39, 0.29) is 22.0 Å². The predicted molar refractivity (Wildman–Crippen MR) is 113 cm³/mol. The van der Waals surface area contributed by atoms with E-state index in [2.05, 4.69) is 26.1 Å². The minimum absolute atomic E-state index is 0.171. The van der Waals surface area contributed by atoms with Crippen LogP contribution in [0.15, 0.2) is 0 Å². The highest BCUT2D eigenvalue weighted by atomic mass is 32.2. The van der Waals surface area contributed by atoms with E-state index in [9.17, 15) is 13.2 Å². The summed E-state index contributed by atoms with van der Waals surface area (Å²) in [7, 11) is -2.90. The van der Waals surface area contributed by atoms with Crippen molar-refractivity contribution in [1.29, 1.82) is 0 Å². The molecule has 1 N–H and O–H groups in total. The summed E-state index contributed by atoms with van der Waals surface area (Å²) in [5.74, 6) is 1.61. The summed E-state index contributed by atoms with van der Waals surface area (Å²) in [5, 5.41) is 3.54. The molecular formula is C23H39NO3S. The summed E-state index contributed by atoms with van der Waals surface area (Å²) in [6, 6.07) is 0.325. The quantitative estimate of drug-likeness (QED) is 0.703. The topological polar surface area (TPSA) is 63.2 Å². The van der Waals surface area contributed by atoms with Gasteiger partial charge in [-0.25, -0.2) is 8.42 Å². The Morgan fingerprint density at radius 3 is 2.07 bits per heavy atom. The molecule has 0 radical (unpaired) electrons. The average molecular weight is 410 g/mol. The van der Waals surface area contributed by atoms with Crippen molar-refractivity contribution in [2.75, 3.05) is 11.5 Å². The van der Waals surface area contributed by atoms with Crippen LogP contribution in [-0.4, -0.2) is 31.9 Å². The van der Waals surface area contributed by atoms with Crippen LogP contribution in [0.5, 0.6) is 0 Å². The number of carbonyl (C=O) groups is 1. The van der Waals surface area contributed by atoms with Gasteiger partial charge in [-0.3, -0.25) is 4.79 Å². The molecule has 0 aromatic carbocycles. The predicted octanol–water partition coefficient (Wildman–Crippen LogP) is 4.48. The minimum Gasteiger partial charge on any atom is -0.352 e. The number of rotatable bonds is 6. The van der Waals surface area contributed by atoms with E-state index in [1.165, 1.54) is 12.8 Å². The molecule has 5 aliphatic rings. The Balaban J connectivity index is 1.39. The summed E-state index contributed by atoms with van der Waals surface area (Å²) in [6.07, 6.45) is 10.4. The molecule has 0 aromatic rings. The SMILES string of the molecule is CCS(=O)(=O)CCC12CCC(C(=O)N[C@@H]3C[C@@H]4CC[C@@]3(C)C4(C)C)(CC1)CC2. The van der Waals surface area contributed by atoms with E-state index in [0.717, 1.165) is 57.3 Å². The van der Waals surface area contributed by atoms with Gasteiger partial charge in [-0.05, 0) is 86.4 Å². The molecule has 0 unspecified atom stereocenters. The molecular weight excluding hydrogens is 370 g/mol. The maximum absolute atomic E-state index is 13.4. The lowest BCUT2D eigenvalue weighted by Crippen LogP contribution is -2.55. The number of hydrogen-bond donors (Lipinski definition) is 1. The third-order valence-electron chi connectivity index (χ3n) is 10.4. The largest absolute Gasteiger partial charge is 0.352 e. The van der Waals surface area contributed by atoms with Crippen LogP contribution >= 0.6 is 0 Å². The van der Waals surface area contributed by atoms with Crippen LogP contribution in [0.1, 0.15) is 91.9 Å². The van der Waals surface area contributed by atoms with Crippen LogP contribution in [0.3, 0.4) is 0 Å². The van der Waals surface area contributed by atoms with Gasteiger partial charge in [0, 0.05) is 17.2 Å². The molecule has 0 heterocycles. The van der Waals surface area contributed by atoms with E-state index in [0.29, 0.717) is 23.1 Å². The molecule has 5 fully saturated rings. The lowest BCUT2D eigenvalue weighted by Gasteiger charge is -2.53. The Bertz CT molecular complexity index is 731. The second-order valence-corrected chi connectivity index (χ2v) is 13.9. The zero-order chi connectivity index (χ0) is 20.4. The Labute approximate surface area is 171 Å². The maximum atomic E-state index is 13.4. The average Bonchev–Trinajstić information content (AvgIpc) is 3.01. The summed E-state index contributed by atoms with van der Waals surface area (Å²) < 4.78 is 23.9. The van der Waals surface area contributed by atoms with Crippen molar-refractivity contribution in [3.8, 4) is 0 Å². The summed E-state index contributed by atoms with van der Waals surface area (Å²) in [5.41, 5.74) is 0.533. The molecule has 5 rings (SSSR count). The van der Waals surface area contributed by atoms with E-state index in [4.69, 9.17) is 0 Å². The van der Waals surface area contributed by atoms with Gasteiger partial charge in [0.15, 0.2) is 0 Å². The van der Waals surface area contributed by atoms with Crippen molar-refractivity contribution in [1.82, 2.24) is 5.32 Å². The molecule has 0 saturated heterocycles. The van der Waals surface area contributed by atoms with Gasteiger partial charge in [0.25, 0.3) is 0 Å². The van der Waals surface area contributed by atoms with Gasteiger partial charge in [0.1, 0.15) is 9.84 Å². The summed E-state index contributed by atoms with van der Waals surface area (Å²) in [4.78, 5) is 13.4. The third kappa shape index (κ3) is 2.97. The van der Waals surface area contributed by atoms with Gasteiger partial charge in [0.2, 0.25) is 5.91 Å². The second-order valence-electron chi connectivity index (χ2n) is 11.4. The molecule has 4 nitrogen and oxygen atoms in total. The van der Waals surface area contributed by atoms with Gasteiger partial charge in [0.05, 0.1) is 5.75 Å². The van der Waals surface area contributed by atoms with Gasteiger partial charge < -0.3 is 5.32 Å². The van der Waals surface area contributed by atoms with Crippen LogP contribution in [0, 0.1) is 27.6 Å². The fraction of sp³-hybridized carbons (Fsp3) is 0.957. The Morgan fingerprint density at radius 1 is 1.00 bits per heavy atom. The first-order valence-corrected chi connectivity index (χ1v) is 13.3. The highest BCUT2D eigenvalue weighted by Gasteiger charge is 2.62. The molecule has 1 amide bonds. The Hall–Kier alpha value is -0.580. The van der Waals surface area contributed by atoms with Crippen LogP contribution in [-0.2, 0) is 14.6 Å². The Morgan fingerprint density at radius 2 is 1.61 bits per heavy atom. The van der Waals surface area contributed by atoms with Crippen molar-refractivity contribution in [3.05, 3.63) is 0 Å². The molecule has 5 saturated carbocycles. The zero-order valence-electron chi connectivity index (χ0n) is 18.3. The number of amides is 1. The molecule has 3 atom stereocenters. The van der Waals surface area contributed by atoms with Crippen molar-refractivity contribution in [2.24, 2.45) is 27.6 Å². The molecule has 28 heavy (non-hydrogen) atoms. The highest BCUT2D eigenvalue weighted by molar-refractivity contribution is 7.91. The lowest BCUT2D eigenvalue weighted by molar-refractivity contribution is -0.142. The first kappa shape index (κ1) is 20.7. The molecule has 160 valence electrons. The van der Waals surface area contributed by atoms with Gasteiger partial charge in [-0.2, -0.15) is 0 Å². The number of fused-ring (bicyclic) bond motifs is 5. The fourth-order valence-corrected chi connectivity index (χ4v) is 8.26. The van der Waals surface area contributed by atoms with Gasteiger partial charge in [-0.1, -0.05) is 27.7 Å². The van der Waals surface area contributed by atoms with Crippen LogP contribution in [0.25, 0.3) is 0 Å². The van der Waals surface area contributed by atoms with Crippen LogP contribution in [0.2, 0.25) is 0 Å². The van der Waals surface area contributed by atoms with Gasteiger partial charge in [-0.15, -0.1) is 0 Å². The molecule has 0 aliphatic heterocycles. The normalized spacial score (nSPS) is 44.0. The molecule has 5 aliphatic carbocycles. The first-order valence-electron chi connectivity index (χ1n) is 11.5. The zero-order valence-corrected chi connectivity index (χ0v) is 19.1. The molecule has 4 bridgehead atoms. The Kier molecular flexibility index (Phi) is 4.77. The van der Waals surface area contributed by atoms with Crippen LogP contribution in [0.4, 0.5) is 0 Å². The highest BCUT2D eigenvalue weighted by Crippen LogP contribution is 2.66. The van der Waals surface area contributed by atoms with Crippen molar-refractivity contribution < 1.29 is 13.2 Å². The van der Waals surface area contributed by atoms with E-state index < -0.39 is 9.84 Å².